The lowest BCUT2D eigenvalue weighted by atomic mass is 9.93. The molecule has 0 aliphatic heterocycles. The van der Waals surface area contributed by atoms with Crippen molar-refractivity contribution in [1.82, 2.24) is 15.3 Å². The maximum atomic E-state index is 4.33. The Morgan fingerprint density at radius 2 is 2.00 bits per heavy atom. The van der Waals surface area contributed by atoms with E-state index in [4.69, 9.17) is 0 Å². The molecule has 1 N–H and O–H groups in total. The van der Waals surface area contributed by atoms with E-state index in [1.54, 1.807) is 11.3 Å². The van der Waals surface area contributed by atoms with Crippen LogP contribution in [0.1, 0.15) is 34.3 Å². The molecule has 90 valence electrons. The van der Waals surface area contributed by atoms with Crippen molar-refractivity contribution in [2.45, 2.75) is 25.8 Å². The van der Waals surface area contributed by atoms with Gasteiger partial charge in [-0.2, -0.15) is 0 Å². The summed E-state index contributed by atoms with van der Waals surface area (Å²) in [4.78, 5) is 9.67. The van der Waals surface area contributed by atoms with Gasteiger partial charge in [-0.15, -0.1) is 11.3 Å². The zero-order chi connectivity index (χ0) is 12.3. The summed E-state index contributed by atoms with van der Waals surface area (Å²) in [5.41, 5.74) is 1.30. The second-order valence-corrected chi connectivity index (χ2v) is 5.38. The predicted molar refractivity (Wildman–Crippen MR) is 71.3 cm³/mol. The number of likely N-dealkylation sites (N-methyl/N-ethyl adjacent to an activating group) is 1. The van der Waals surface area contributed by atoms with Gasteiger partial charge in [0.15, 0.2) is 0 Å². The van der Waals surface area contributed by atoms with Crippen molar-refractivity contribution >= 4 is 11.3 Å². The monoisotopic (exact) mass is 247 g/mol. The van der Waals surface area contributed by atoms with Crippen LogP contribution in [-0.4, -0.2) is 17.0 Å². The van der Waals surface area contributed by atoms with E-state index in [0.717, 1.165) is 5.01 Å². The maximum absolute atomic E-state index is 4.33. The summed E-state index contributed by atoms with van der Waals surface area (Å²) in [7, 11) is 2.00. The van der Waals surface area contributed by atoms with Gasteiger partial charge in [0, 0.05) is 35.4 Å². The molecule has 0 radical (unpaired) electrons. The highest BCUT2D eigenvalue weighted by Crippen LogP contribution is 2.32. The summed E-state index contributed by atoms with van der Waals surface area (Å²) in [5.74, 6) is 0.405. The average molecular weight is 247 g/mol. The van der Waals surface area contributed by atoms with Gasteiger partial charge in [-0.05, 0) is 31.7 Å². The van der Waals surface area contributed by atoms with Gasteiger partial charge >= 0.3 is 0 Å². The molecule has 0 spiro atoms. The highest BCUT2D eigenvalue weighted by molar-refractivity contribution is 7.11. The second-order valence-electron chi connectivity index (χ2n) is 4.12. The fraction of sp³-hybridized carbons (Fsp3) is 0.385. The predicted octanol–water partition coefficient (Wildman–Crippen LogP) is 2.91. The van der Waals surface area contributed by atoms with Crippen LogP contribution in [0.4, 0.5) is 0 Å². The van der Waals surface area contributed by atoms with Crippen molar-refractivity contribution in [3.8, 4) is 0 Å². The van der Waals surface area contributed by atoms with Gasteiger partial charge in [-0.1, -0.05) is 6.92 Å². The van der Waals surface area contributed by atoms with Gasteiger partial charge in [-0.25, -0.2) is 4.98 Å². The van der Waals surface area contributed by atoms with Gasteiger partial charge in [-0.3, -0.25) is 4.98 Å². The molecular weight excluding hydrogens is 230 g/mol. The highest BCUT2D eigenvalue weighted by atomic mass is 32.1. The fourth-order valence-corrected chi connectivity index (χ4v) is 3.02. The van der Waals surface area contributed by atoms with E-state index in [0.29, 0.717) is 12.0 Å². The first-order chi connectivity index (χ1) is 8.22. The molecule has 0 aromatic carbocycles. The Hall–Kier alpha value is -1.26. The minimum absolute atomic E-state index is 0.309. The van der Waals surface area contributed by atoms with Crippen molar-refractivity contribution in [2.24, 2.45) is 0 Å². The first kappa shape index (κ1) is 12.2. The summed E-state index contributed by atoms with van der Waals surface area (Å²) in [6, 6.07) is 4.45. The van der Waals surface area contributed by atoms with Gasteiger partial charge < -0.3 is 5.32 Å². The number of nitrogens with zero attached hydrogens (tertiary/aromatic N) is 2. The van der Waals surface area contributed by atoms with Gasteiger partial charge in [0.2, 0.25) is 0 Å². The quantitative estimate of drug-likeness (QED) is 0.902. The number of aromatic nitrogens is 2. The Balaban J connectivity index is 2.25. The standard InChI is InChI=1S/C13H17N3S/c1-9(11-4-6-15-7-5-11)13(14-3)12-8-16-10(2)17-12/h4-9,13-14H,1-3H3. The van der Waals surface area contributed by atoms with Crippen LogP contribution in [-0.2, 0) is 0 Å². The summed E-state index contributed by atoms with van der Waals surface area (Å²) in [6.45, 7) is 4.27. The molecule has 0 fully saturated rings. The Bertz CT molecular complexity index is 467. The number of pyridine rings is 1. The van der Waals surface area contributed by atoms with Crippen LogP contribution in [0, 0.1) is 6.92 Å². The second kappa shape index (κ2) is 5.38. The third-order valence-corrected chi connectivity index (χ3v) is 3.98. The van der Waals surface area contributed by atoms with E-state index in [9.17, 15) is 0 Å². The summed E-state index contributed by atoms with van der Waals surface area (Å²) in [6.07, 6.45) is 5.66. The Morgan fingerprint density at radius 1 is 1.29 bits per heavy atom. The van der Waals surface area contributed by atoms with E-state index in [2.05, 4.69) is 34.3 Å². The van der Waals surface area contributed by atoms with Crippen molar-refractivity contribution in [3.05, 3.63) is 46.2 Å². The highest BCUT2D eigenvalue weighted by Gasteiger charge is 2.20. The normalized spacial score (nSPS) is 14.5. The lowest BCUT2D eigenvalue weighted by Crippen LogP contribution is -2.21. The van der Waals surface area contributed by atoms with Crippen LogP contribution < -0.4 is 5.32 Å². The van der Waals surface area contributed by atoms with Crippen LogP contribution in [0.2, 0.25) is 0 Å². The largest absolute Gasteiger partial charge is 0.312 e. The molecule has 17 heavy (non-hydrogen) atoms. The molecule has 2 atom stereocenters. The number of hydrogen-bond donors (Lipinski definition) is 1. The topological polar surface area (TPSA) is 37.8 Å². The van der Waals surface area contributed by atoms with Crippen LogP contribution in [0.3, 0.4) is 0 Å². The van der Waals surface area contributed by atoms with E-state index in [1.165, 1.54) is 10.4 Å². The zero-order valence-corrected chi connectivity index (χ0v) is 11.2. The van der Waals surface area contributed by atoms with Gasteiger partial charge in [0.05, 0.1) is 5.01 Å². The molecule has 2 heterocycles. The number of hydrogen-bond acceptors (Lipinski definition) is 4. The summed E-state index contributed by atoms with van der Waals surface area (Å²) in [5, 5.41) is 4.49. The molecule has 0 saturated carbocycles. The van der Waals surface area contributed by atoms with Crippen molar-refractivity contribution < 1.29 is 0 Å². The molecule has 2 rings (SSSR count). The molecule has 0 aliphatic rings. The molecule has 2 aromatic rings. The Labute approximate surface area is 106 Å². The van der Waals surface area contributed by atoms with Gasteiger partial charge in [0.25, 0.3) is 0 Å². The van der Waals surface area contributed by atoms with Crippen LogP contribution in [0.5, 0.6) is 0 Å². The molecule has 0 bridgehead atoms. The minimum Gasteiger partial charge on any atom is -0.312 e. The number of aryl methyl sites for hydroxylation is 1. The van der Waals surface area contributed by atoms with Crippen LogP contribution in [0.25, 0.3) is 0 Å². The third kappa shape index (κ3) is 2.70. The zero-order valence-electron chi connectivity index (χ0n) is 10.3. The third-order valence-electron chi connectivity index (χ3n) is 2.99. The van der Waals surface area contributed by atoms with Crippen molar-refractivity contribution in [3.63, 3.8) is 0 Å². The Kier molecular flexibility index (Phi) is 3.86. The maximum Gasteiger partial charge on any atom is 0.0897 e. The SMILES string of the molecule is CNC(c1cnc(C)s1)C(C)c1ccncc1. The van der Waals surface area contributed by atoms with Crippen molar-refractivity contribution in [2.75, 3.05) is 7.05 Å². The number of nitrogens with one attached hydrogen (secondary N) is 1. The molecule has 3 nitrogen and oxygen atoms in total. The molecule has 0 saturated heterocycles. The molecule has 0 amide bonds. The van der Waals surface area contributed by atoms with E-state index in [-0.39, 0.29) is 0 Å². The van der Waals surface area contributed by atoms with Gasteiger partial charge in [0.1, 0.15) is 0 Å². The molecule has 4 heteroatoms. The lowest BCUT2D eigenvalue weighted by Gasteiger charge is -2.22. The number of thiazole rings is 1. The summed E-state index contributed by atoms with van der Waals surface area (Å²) < 4.78 is 0. The lowest BCUT2D eigenvalue weighted by molar-refractivity contribution is 0.514. The molecule has 2 aromatic heterocycles. The summed E-state index contributed by atoms with van der Waals surface area (Å²) >= 11 is 1.75. The van der Waals surface area contributed by atoms with Crippen LogP contribution >= 0.6 is 11.3 Å². The van der Waals surface area contributed by atoms with Crippen LogP contribution in [0.15, 0.2) is 30.7 Å². The minimum atomic E-state index is 0.309. The smallest absolute Gasteiger partial charge is 0.0897 e. The Morgan fingerprint density at radius 3 is 2.53 bits per heavy atom. The first-order valence-electron chi connectivity index (χ1n) is 5.72. The molecule has 2 unspecified atom stereocenters. The molecular formula is C13H17N3S. The molecule has 0 aliphatic carbocycles. The van der Waals surface area contributed by atoms with Crippen molar-refractivity contribution in [1.29, 1.82) is 0 Å². The average Bonchev–Trinajstić information content (AvgIpc) is 2.78. The fourth-order valence-electron chi connectivity index (χ4n) is 2.02. The van der Waals surface area contributed by atoms with E-state index in [1.807, 2.05) is 32.6 Å². The number of rotatable bonds is 4. The first-order valence-corrected chi connectivity index (χ1v) is 6.53. The van der Waals surface area contributed by atoms with E-state index < -0.39 is 0 Å². The van der Waals surface area contributed by atoms with E-state index >= 15 is 0 Å².